The number of aliphatic hydroxyl groups excluding tert-OH is 1. The van der Waals surface area contributed by atoms with Gasteiger partial charge in [-0.25, -0.2) is 10.6 Å². The summed E-state index contributed by atoms with van der Waals surface area (Å²) in [4.78, 5) is 10.5. The SMILES string of the molecule is C/C=C(\C=N)C(=O)OC.CCC(C)c1cccc(-c2cccc(CO)c2)c1.CN(N)/C=C(\N)C1CC1. The summed E-state index contributed by atoms with van der Waals surface area (Å²) in [6.07, 6.45) is 7.88. The van der Waals surface area contributed by atoms with E-state index in [1.165, 1.54) is 47.7 Å². The van der Waals surface area contributed by atoms with Crippen molar-refractivity contribution in [2.75, 3.05) is 14.2 Å². The lowest BCUT2D eigenvalue weighted by Crippen LogP contribution is -2.21. The minimum atomic E-state index is -0.465. The third-order valence-corrected chi connectivity index (χ3v) is 5.80. The maximum Gasteiger partial charge on any atom is 0.339 e. The van der Waals surface area contributed by atoms with Crippen LogP contribution in [0.5, 0.6) is 0 Å². The molecule has 196 valence electrons. The Morgan fingerprint density at radius 1 is 1.22 bits per heavy atom. The standard InChI is InChI=1S/C17H20O.C6H13N3.C6H9NO2/c1-3-13(2)15-7-5-9-17(11-15)16-8-4-6-14(10-16)12-18;1-9(8)4-6(7)5-2-3-5;1-3-5(4-7)6(8)9-2/h4-11,13,18H,3,12H2,1-2H3;4-5H,2-3,7-8H2,1H3;3-4,7H,1-2H3/b;6-4-;5-3+,7-4?. The molecule has 6 N–H and O–H groups in total. The van der Waals surface area contributed by atoms with Crippen molar-refractivity contribution in [2.45, 2.75) is 52.6 Å². The average molecular weight is 495 g/mol. The normalized spacial score (nSPS) is 13.9. The Labute approximate surface area is 215 Å². The molecule has 1 atom stereocenters. The minimum absolute atomic E-state index is 0.0961. The number of carbonyl (C=O) groups excluding carboxylic acids is 1. The lowest BCUT2D eigenvalue weighted by atomic mass is 9.94. The van der Waals surface area contributed by atoms with Gasteiger partial charge in [0.15, 0.2) is 0 Å². The number of nitrogens with one attached hydrogen (secondary N) is 1. The summed E-state index contributed by atoms with van der Waals surface area (Å²) in [7, 11) is 3.06. The van der Waals surface area contributed by atoms with Crippen molar-refractivity contribution in [1.82, 2.24) is 5.01 Å². The highest BCUT2D eigenvalue weighted by molar-refractivity contribution is 6.08. The number of carbonyl (C=O) groups is 1. The summed E-state index contributed by atoms with van der Waals surface area (Å²) in [5.41, 5.74) is 11.5. The summed E-state index contributed by atoms with van der Waals surface area (Å²) < 4.78 is 4.34. The molecule has 1 unspecified atom stereocenters. The van der Waals surface area contributed by atoms with Gasteiger partial charge in [0.2, 0.25) is 0 Å². The zero-order valence-corrected chi connectivity index (χ0v) is 22.2. The Morgan fingerprint density at radius 2 is 1.83 bits per heavy atom. The van der Waals surface area contributed by atoms with E-state index in [-0.39, 0.29) is 12.2 Å². The molecule has 0 radical (unpaired) electrons. The van der Waals surface area contributed by atoms with E-state index < -0.39 is 5.97 Å². The van der Waals surface area contributed by atoms with Crippen LogP contribution in [-0.4, -0.2) is 36.5 Å². The smallest absolute Gasteiger partial charge is 0.339 e. The highest BCUT2D eigenvalue weighted by atomic mass is 16.5. The molecule has 1 saturated carbocycles. The van der Waals surface area contributed by atoms with Gasteiger partial charge in [0.1, 0.15) is 0 Å². The second kappa shape index (κ2) is 16.3. The van der Waals surface area contributed by atoms with Gasteiger partial charge >= 0.3 is 5.97 Å². The van der Waals surface area contributed by atoms with Gasteiger partial charge in [-0.3, -0.25) is 0 Å². The molecule has 36 heavy (non-hydrogen) atoms. The molecular formula is C29H42N4O3. The topological polar surface area (TPSA) is 126 Å². The van der Waals surface area contributed by atoms with E-state index in [0.717, 1.165) is 23.9 Å². The maximum absolute atomic E-state index is 10.5. The van der Waals surface area contributed by atoms with Gasteiger partial charge in [0.25, 0.3) is 0 Å². The van der Waals surface area contributed by atoms with Crippen LogP contribution in [-0.2, 0) is 16.1 Å². The maximum atomic E-state index is 10.5. The number of hydrogen-bond donors (Lipinski definition) is 4. The van der Waals surface area contributed by atoms with Gasteiger partial charge in [-0.05, 0) is 60.4 Å². The lowest BCUT2D eigenvalue weighted by molar-refractivity contribution is -0.135. The number of hydrazine groups is 1. The van der Waals surface area contributed by atoms with Gasteiger partial charge in [0.05, 0.1) is 19.3 Å². The molecule has 0 saturated heterocycles. The van der Waals surface area contributed by atoms with Crippen molar-refractivity contribution in [1.29, 1.82) is 5.41 Å². The highest BCUT2D eigenvalue weighted by Crippen LogP contribution is 2.33. The molecule has 7 heteroatoms. The summed E-state index contributed by atoms with van der Waals surface area (Å²) in [5, 5.41) is 17.4. The van der Waals surface area contributed by atoms with Gasteiger partial charge in [-0.2, -0.15) is 0 Å². The van der Waals surface area contributed by atoms with Gasteiger partial charge in [-0.1, -0.05) is 62.4 Å². The fourth-order valence-electron chi connectivity index (χ4n) is 3.24. The van der Waals surface area contributed by atoms with Crippen molar-refractivity contribution in [3.05, 3.63) is 83.2 Å². The lowest BCUT2D eigenvalue weighted by Gasteiger charge is -2.11. The molecule has 7 nitrogen and oxygen atoms in total. The van der Waals surface area contributed by atoms with Crippen molar-refractivity contribution >= 4 is 12.2 Å². The van der Waals surface area contributed by atoms with Crippen LogP contribution in [0.4, 0.5) is 0 Å². The van der Waals surface area contributed by atoms with Crippen LogP contribution in [0.25, 0.3) is 11.1 Å². The number of aliphatic hydroxyl groups is 1. The van der Waals surface area contributed by atoms with Gasteiger partial charge in [-0.15, -0.1) is 0 Å². The molecule has 3 rings (SSSR count). The minimum Gasteiger partial charge on any atom is -0.465 e. The molecule has 0 bridgehead atoms. The Morgan fingerprint density at radius 3 is 2.28 bits per heavy atom. The predicted octanol–water partition coefficient (Wildman–Crippen LogP) is 5.12. The van der Waals surface area contributed by atoms with Crippen molar-refractivity contribution < 1.29 is 14.6 Å². The molecule has 1 aliphatic rings. The van der Waals surface area contributed by atoms with Crippen molar-refractivity contribution in [3.8, 4) is 11.1 Å². The number of benzene rings is 2. The number of hydrogen-bond acceptors (Lipinski definition) is 7. The van der Waals surface area contributed by atoms with E-state index in [0.29, 0.717) is 11.8 Å². The van der Waals surface area contributed by atoms with Crippen LogP contribution in [0, 0.1) is 11.3 Å². The molecule has 0 amide bonds. The van der Waals surface area contributed by atoms with Crippen LogP contribution in [0.15, 0.2) is 72.1 Å². The summed E-state index contributed by atoms with van der Waals surface area (Å²) in [5.74, 6) is 6.08. The molecule has 0 aliphatic heterocycles. The number of ether oxygens (including phenoxy) is 1. The zero-order chi connectivity index (χ0) is 27.1. The molecule has 0 aromatic heterocycles. The fourth-order valence-corrected chi connectivity index (χ4v) is 3.24. The van der Waals surface area contributed by atoms with Gasteiger partial charge in [0, 0.05) is 31.1 Å². The number of allylic oxidation sites excluding steroid dienone is 2. The molecule has 1 aliphatic carbocycles. The van der Waals surface area contributed by atoms with Crippen LogP contribution >= 0.6 is 0 Å². The fraction of sp³-hybridized carbons (Fsp3) is 0.379. The van der Waals surface area contributed by atoms with Crippen LogP contribution in [0.3, 0.4) is 0 Å². The largest absolute Gasteiger partial charge is 0.465 e. The Bertz CT molecular complexity index is 1030. The second-order valence-electron chi connectivity index (χ2n) is 8.74. The third-order valence-electron chi connectivity index (χ3n) is 5.80. The monoisotopic (exact) mass is 494 g/mol. The van der Waals surface area contributed by atoms with E-state index in [2.05, 4.69) is 55.0 Å². The zero-order valence-electron chi connectivity index (χ0n) is 22.2. The number of rotatable bonds is 8. The molecule has 2 aromatic rings. The Balaban J connectivity index is 0.000000303. The number of nitrogens with two attached hydrogens (primary N) is 2. The summed E-state index contributed by atoms with van der Waals surface area (Å²) in [6, 6.07) is 16.8. The van der Waals surface area contributed by atoms with Crippen molar-refractivity contribution in [3.63, 3.8) is 0 Å². The Kier molecular flexibility index (Phi) is 13.8. The molecule has 1 fully saturated rings. The average Bonchev–Trinajstić information content (AvgIpc) is 3.75. The predicted molar refractivity (Wildman–Crippen MR) is 148 cm³/mol. The molecule has 0 heterocycles. The van der Waals surface area contributed by atoms with Crippen molar-refractivity contribution in [2.24, 2.45) is 17.5 Å². The van der Waals surface area contributed by atoms with E-state index in [1.807, 2.05) is 12.1 Å². The third kappa shape index (κ3) is 10.9. The van der Waals surface area contributed by atoms with E-state index in [4.69, 9.17) is 17.0 Å². The Hall–Kier alpha value is -3.42. The first kappa shape index (κ1) is 30.6. The summed E-state index contributed by atoms with van der Waals surface area (Å²) in [6.45, 7) is 6.24. The first-order valence-electron chi connectivity index (χ1n) is 12.2. The van der Waals surface area contributed by atoms with Crippen LogP contribution in [0.1, 0.15) is 57.1 Å². The highest BCUT2D eigenvalue weighted by Gasteiger charge is 2.23. The molecular weight excluding hydrogens is 452 g/mol. The first-order valence-corrected chi connectivity index (χ1v) is 12.2. The summed E-state index contributed by atoms with van der Waals surface area (Å²) >= 11 is 0. The number of nitrogens with zero attached hydrogens (tertiary/aromatic N) is 1. The number of esters is 1. The van der Waals surface area contributed by atoms with E-state index >= 15 is 0 Å². The van der Waals surface area contributed by atoms with Crippen LogP contribution < -0.4 is 11.6 Å². The second-order valence-corrected chi connectivity index (χ2v) is 8.74. The van der Waals surface area contributed by atoms with E-state index in [1.54, 1.807) is 20.2 Å². The van der Waals surface area contributed by atoms with Crippen LogP contribution in [0.2, 0.25) is 0 Å². The number of methoxy groups -OCH3 is 1. The van der Waals surface area contributed by atoms with Gasteiger partial charge < -0.3 is 26.0 Å². The molecule has 0 spiro atoms. The quantitative estimate of drug-likeness (QED) is 0.133. The molecule has 2 aromatic carbocycles. The first-order chi connectivity index (χ1) is 17.2. The van der Waals surface area contributed by atoms with E-state index in [9.17, 15) is 9.90 Å².